The second-order valence-corrected chi connectivity index (χ2v) is 6.99. The van der Waals surface area contributed by atoms with E-state index in [1.54, 1.807) is 6.07 Å². The Morgan fingerprint density at radius 3 is 2.81 bits per heavy atom. The van der Waals surface area contributed by atoms with Crippen LogP contribution in [0.4, 0.5) is 11.4 Å². The molecule has 0 aliphatic carbocycles. The Bertz CT molecular complexity index is 707. The molecule has 1 aromatic rings. The summed E-state index contributed by atoms with van der Waals surface area (Å²) in [4.78, 5) is 37.2. The average Bonchev–Trinajstić information content (AvgIpc) is 2.65. The SMILES string of the molecule is CCCNC(=O)C(C)OC(=O)c1ccc(N2CCCC(C)C2)c([N+](=O)[O-])c1. The van der Waals surface area contributed by atoms with Gasteiger partial charge in [-0.3, -0.25) is 14.9 Å². The summed E-state index contributed by atoms with van der Waals surface area (Å²) >= 11 is 0. The van der Waals surface area contributed by atoms with Crippen LogP contribution in [0.25, 0.3) is 0 Å². The molecule has 1 aromatic carbocycles. The number of piperidine rings is 1. The number of esters is 1. The predicted molar refractivity (Wildman–Crippen MR) is 102 cm³/mol. The van der Waals surface area contributed by atoms with Crippen LogP contribution in [-0.4, -0.2) is 42.5 Å². The van der Waals surface area contributed by atoms with Crippen LogP contribution in [0.15, 0.2) is 18.2 Å². The van der Waals surface area contributed by atoms with Crippen molar-refractivity contribution in [2.45, 2.75) is 46.1 Å². The fraction of sp³-hybridized carbons (Fsp3) is 0.579. The lowest BCUT2D eigenvalue weighted by Crippen LogP contribution is -2.36. The minimum atomic E-state index is -0.967. The zero-order valence-electron chi connectivity index (χ0n) is 16.1. The minimum Gasteiger partial charge on any atom is -0.449 e. The number of anilines is 1. The number of benzene rings is 1. The Labute approximate surface area is 159 Å². The fourth-order valence-electron chi connectivity index (χ4n) is 3.15. The first kappa shape index (κ1) is 20.7. The monoisotopic (exact) mass is 377 g/mol. The molecule has 2 rings (SSSR count). The summed E-state index contributed by atoms with van der Waals surface area (Å²) in [5, 5.41) is 14.2. The van der Waals surface area contributed by atoms with Crippen LogP contribution in [0, 0.1) is 16.0 Å². The number of amides is 1. The molecule has 27 heavy (non-hydrogen) atoms. The highest BCUT2D eigenvalue weighted by Crippen LogP contribution is 2.32. The van der Waals surface area contributed by atoms with E-state index in [9.17, 15) is 19.7 Å². The van der Waals surface area contributed by atoms with E-state index in [-0.39, 0.29) is 11.3 Å². The van der Waals surface area contributed by atoms with Crippen molar-refractivity contribution >= 4 is 23.3 Å². The van der Waals surface area contributed by atoms with Gasteiger partial charge in [0, 0.05) is 25.7 Å². The van der Waals surface area contributed by atoms with Crippen molar-refractivity contribution < 1.29 is 19.2 Å². The van der Waals surface area contributed by atoms with E-state index in [2.05, 4.69) is 12.2 Å². The van der Waals surface area contributed by atoms with Crippen molar-refractivity contribution in [2.24, 2.45) is 5.92 Å². The Hall–Kier alpha value is -2.64. The van der Waals surface area contributed by atoms with E-state index in [4.69, 9.17) is 4.74 Å². The second-order valence-electron chi connectivity index (χ2n) is 6.99. The molecule has 1 N–H and O–H groups in total. The topological polar surface area (TPSA) is 102 Å². The Kier molecular flexibility index (Phi) is 7.15. The number of ether oxygens (including phenoxy) is 1. The van der Waals surface area contributed by atoms with Gasteiger partial charge in [-0.1, -0.05) is 13.8 Å². The van der Waals surface area contributed by atoms with E-state index in [0.717, 1.165) is 32.4 Å². The molecule has 1 aliphatic rings. The third-order valence-corrected chi connectivity index (χ3v) is 4.61. The number of nitro benzene ring substituents is 1. The van der Waals surface area contributed by atoms with Gasteiger partial charge in [-0.25, -0.2) is 4.79 Å². The third kappa shape index (κ3) is 5.42. The summed E-state index contributed by atoms with van der Waals surface area (Å²) in [7, 11) is 0. The standard InChI is InChI=1S/C19H27N3O5/c1-4-9-20-18(23)14(3)27-19(24)15-7-8-16(17(11-15)22(25)26)21-10-5-6-13(2)12-21/h7-8,11,13-14H,4-6,9-10,12H2,1-3H3,(H,20,23). The molecule has 8 heteroatoms. The molecule has 1 heterocycles. The maximum absolute atomic E-state index is 12.3. The maximum atomic E-state index is 12.3. The van der Waals surface area contributed by atoms with Gasteiger partial charge in [0.1, 0.15) is 5.69 Å². The van der Waals surface area contributed by atoms with Gasteiger partial charge in [0.2, 0.25) is 0 Å². The molecule has 2 atom stereocenters. The first-order chi connectivity index (χ1) is 12.8. The molecule has 2 unspecified atom stereocenters. The lowest BCUT2D eigenvalue weighted by Gasteiger charge is -2.32. The molecular formula is C19H27N3O5. The molecule has 0 saturated carbocycles. The van der Waals surface area contributed by atoms with E-state index in [0.29, 0.717) is 18.2 Å². The molecule has 0 aromatic heterocycles. The summed E-state index contributed by atoms with van der Waals surface area (Å²) in [6.45, 7) is 7.51. The van der Waals surface area contributed by atoms with Crippen molar-refractivity contribution in [2.75, 3.05) is 24.5 Å². The van der Waals surface area contributed by atoms with Crippen LogP contribution < -0.4 is 10.2 Å². The number of rotatable bonds is 7. The normalized spacial score (nSPS) is 17.9. The molecule has 148 valence electrons. The highest BCUT2D eigenvalue weighted by Gasteiger charge is 2.26. The molecule has 1 fully saturated rings. The van der Waals surface area contributed by atoms with Gasteiger partial charge >= 0.3 is 5.97 Å². The Morgan fingerprint density at radius 2 is 2.19 bits per heavy atom. The number of nitrogens with zero attached hydrogens (tertiary/aromatic N) is 2. The van der Waals surface area contributed by atoms with Crippen molar-refractivity contribution in [3.8, 4) is 0 Å². The summed E-state index contributed by atoms with van der Waals surface area (Å²) in [6, 6.07) is 4.34. The molecular weight excluding hydrogens is 350 g/mol. The van der Waals surface area contributed by atoms with E-state index in [1.165, 1.54) is 19.1 Å². The first-order valence-corrected chi connectivity index (χ1v) is 9.35. The van der Waals surface area contributed by atoms with Gasteiger partial charge in [0.25, 0.3) is 11.6 Å². The number of nitrogens with one attached hydrogen (secondary N) is 1. The number of carbonyl (C=O) groups is 2. The minimum absolute atomic E-state index is 0.0608. The highest BCUT2D eigenvalue weighted by atomic mass is 16.6. The van der Waals surface area contributed by atoms with Crippen LogP contribution in [0.2, 0.25) is 0 Å². The van der Waals surface area contributed by atoms with Gasteiger partial charge in [0.15, 0.2) is 6.10 Å². The third-order valence-electron chi connectivity index (χ3n) is 4.61. The molecule has 0 bridgehead atoms. The quantitative estimate of drug-likeness (QED) is 0.445. The second kappa shape index (κ2) is 9.34. The Balaban J connectivity index is 2.16. The van der Waals surface area contributed by atoms with Crippen molar-refractivity contribution in [1.29, 1.82) is 0 Å². The summed E-state index contributed by atoms with van der Waals surface area (Å²) in [5.41, 5.74) is 0.448. The Morgan fingerprint density at radius 1 is 1.44 bits per heavy atom. The largest absolute Gasteiger partial charge is 0.449 e. The van der Waals surface area contributed by atoms with Gasteiger partial charge in [-0.05, 0) is 44.2 Å². The van der Waals surface area contributed by atoms with E-state index < -0.39 is 22.9 Å². The van der Waals surface area contributed by atoms with Gasteiger partial charge in [0.05, 0.1) is 10.5 Å². The summed E-state index contributed by atoms with van der Waals surface area (Å²) in [5.74, 6) is -0.681. The van der Waals surface area contributed by atoms with Crippen molar-refractivity contribution in [3.63, 3.8) is 0 Å². The van der Waals surface area contributed by atoms with Crippen molar-refractivity contribution in [1.82, 2.24) is 5.32 Å². The highest BCUT2D eigenvalue weighted by molar-refractivity contribution is 5.93. The predicted octanol–water partition coefficient (Wildman–Crippen LogP) is 2.90. The molecule has 8 nitrogen and oxygen atoms in total. The van der Waals surface area contributed by atoms with Crippen LogP contribution in [0.3, 0.4) is 0 Å². The molecule has 0 radical (unpaired) electrons. The zero-order chi connectivity index (χ0) is 20.0. The van der Waals surface area contributed by atoms with Gasteiger partial charge < -0.3 is 15.0 Å². The number of carbonyl (C=O) groups excluding carboxylic acids is 2. The number of nitro groups is 1. The van der Waals surface area contributed by atoms with Gasteiger partial charge in [-0.15, -0.1) is 0 Å². The fourth-order valence-corrected chi connectivity index (χ4v) is 3.15. The lowest BCUT2D eigenvalue weighted by atomic mass is 9.99. The first-order valence-electron chi connectivity index (χ1n) is 9.35. The van der Waals surface area contributed by atoms with Crippen LogP contribution in [0.5, 0.6) is 0 Å². The zero-order valence-corrected chi connectivity index (χ0v) is 16.1. The lowest BCUT2D eigenvalue weighted by molar-refractivity contribution is -0.384. The molecule has 1 aliphatic heterocycles. The molecule has 1 saturated heterocycles. The molecule has 1 amide bonds. The van der Waals surface area contributed by atoms with E-state index >= 15 is 0 Å². The van der Waals surface area contributed by atoms with Crippen LogP contribution >= 0.6 is 0 Å². The smallest absolute Gasteiger partial charge is 0.339 e. The molecule has 0 spiro atoms. The van der Waals surface area contributed by atoms with Crippen LogP contribution in [0.1, 0.15) is 50.4 Å². The number of hydrogen-bond donors (Lipinski definition) is 1. The summed E-state index contributed by atoms with van der Waals surface area (Å²) in [6.07, 6.45) is 1.89. The van der Waals surface area contributed by atoms with Gasteiger partial charge in [-0.2, -0.15) is 0 Å². The van der Waals surface area contributed by atoms with Crippen LogP contribution in [-0.2, 0) is 9.53 Å². The van der Waals surface area contributed by atoms with Crippen molar-refractivity contribution in [3.05, 3.63) is 33.9 Å². The average molecular weight is 377 g/mol. The van der Waals surface area contributed by atoms with E-state index in [1.807, 2.05) is 11.8 Å². The maximum Gasteiger partial charge on any atom is 0.339 e. The summed E-state index contributed by atoms with van der Waals surface area (Å²) < 4.78 is 5.15. The number of hydrogen-bond acceptors (Lipinski definition) is 6.